The molecule has 0 atom stereocenters. The van der Waals surface area contributed by atoms with E-state index in [0.29, 0.717) is 12.3 Å². The molecule has 3 rings (SSSR count). The first-order valence-electron chi connectivity index (χ1n) is 6.46. The minimum absolute atomic E-state index is 0.107. The van der Waals surface area contributed by atoms with Gasteiger partial charge in [0.15, 0.2) is 0 Å². The molecule has 19 heavy (non-hydrogen) atoms. The molecule has 4 heteroatoms. The van der Waals surface area contributed by atoms with Gasteiger partial charge in [-0.05, 0) is 36.5 Å². The van der Waals surface area contributed by atoms with E-state index in [9.17, 15) is 4.79 Å². The van der Waals surface area contributed by atoms with E-state index in [2.05, 4.69) is 16.7 Å². The predicted octanol–water partition coefficient (Wildman–Crippen LogP) is 2.96. The molecule has 1 aromatic carbocycles. The van der Waals surface area contributed by atoms with Crippen LogP contribution in [0.4, 0.5) is 5.69 Å². The smallest absolute Gasteiger partial charge is 0.224 e. The van der Waals surface area contributed by atoms with Crippen LogP contribution in [0.25, 0.3) is 10.4 Å². The van der Waals surface area contributed by atoms with Crippen LogP contribution in [0.1, 0.15) is 6.42 Å². The van der Waals surface area contributed by atoms with Gasteiger partial charge in [0.05, 0.1) is 0 Å². The Morgan fingerprint density at radius 2 is 2.11 bits per heavy atom. The molecule has 2 aromatic rings. The summed E-state index contributed by atoms with van der Waals surface area (Å²) in [4.78, 5) is 13.2. The number of amides is 1. The maximum Gasteiger partial charge on any atom is 0.224 e. The standard InChI is InChI=1S/C15H16N2OS/c18-15(8-11-9-16-10-11)17-13-5-2-1-4-12(13)14-6-3-7-19-14/h1-7,11,16H,8-10H2,(H,17,18). The lowest BCUT2D eigenvalue weighted by Crippen LogP contribution is -2.43. The van der Waals surface area contributed by atoms with Crippen LogP contribution in [-0.4, -0.2) is 19.0 Å². The molecule has 2 N–H and O–H groups in total. The third kappa shape index (κ3) is 2.85. The van der Waals surface area contributed by atoms with Crippen LogP contribution < -0.4 is 10.6 Å². The van der Waals surface area contributed by atoms with Crippen molar-refractivity contribution in [2.75, 3.05) is 18.4 Å². The molecule has 0 radical (unpaired) electrons. The second kappa shape index (κ2) is 5.55. The molecular formula is C15H16N2OS. The van der Waals surface area contributed by atoms with Crippen molar-refractivity contribution < 1.29 is 4.79 Å². The average Bonchev–Trinajstić information content (AvgIpc) is 2.88. The van der Waals surface area contributed by atoms with Crippen molar-refractivity contribution in [3.8, 4) is 10.4 Å². The van der Waals surface area contributed by atoms with Gasteiger partial charge in [0.2, 0.25) is 5.91 Å². The number of nitrogens with one attached hydrogen (secondary N) is 2. The summed E-state index contributed by atoms with van der Waals surface area (Å²) in [5.41, 5.74) is 2.00. The Morgan fingerprint density at radius 1 is 1.26 bits per heavy atom. The zero-order valence-electron chi connectivity index (χ0n) is 10.6. The van der Waals surface area contributed by atoms with E-state index < -0.39 is 0 Å². The Hall–Kier alpha value is -1.65. The maximum atomic E-state index is 12.0. The molecule has 0 spiro atoms. The Kier molecular flexibility index (Phi) is 3.62. The zero-order valence-corrected chi connectivity index (χ0v) is 11.4. The molecule has 0 bridgehead atoms. The summed E-state index contributed by atoms with van der Waals surface area (Å²) in [7, 11) is 0. The maximum absolute atomic E-state index is 12.0. The molecule has 3 nitrogen and oxygen atoms in total. The molecule has 1 saturated heterocycles. The van der Waals surface area contributed by atoms with E-state index in [-0.39, 0.29) is 5.91 Å². The molecule has 1 aliphatic rings. The number of carbonyl (C=O) groups is 1. The molecule has 1 fully saturated rings. The van der Waals surface area contributed by atoms with E-state index in [4.69, 9.17) is 0 Å². The van der Waals surface area contributed by atoms with E-state index in [1.165, 1.54) is 4.88 Å². The van der Waals surface area contributed by atoms with E-state index >= 15 is 0 Å². The molecule has 1 aliphatic heterocycles. The predicted molar refractivity (Wildman–Crippen MR) is 79.4 cm³/mol. The van der Waals surface area contributed by atoms with Crippen LogP contribution in [0.15, 0.2) is 41.8 Å². The Balaban J connectivity index is 1.75. The molecule has 2 heterocycles. The molecule has 98 valence electrons. The summed E-state index contributed by atoms with van der Waals surface area (Å²) in [6, 6.07) is 12.1. The first-order chi connectivity index (χ1) is 9.33. The van der Waals surface area contributed by atoms with E-state index in [0.717, 1.165) is 24.3 Å². The summed E-state index contributed by atoms with van der Waals surface area (Å²) in [5, 5.41) is 8.27. The van der Waals surface area contributed by atoms with Gasteiger partial charge >= 0.3 is 0 Å². The largest absolute Gasteiger partial charge is 0.325 e. The van der Waals surface area contributed by atoms with Gasteiger partial charge in [-0.25, -0.2) is 0 Å². The van der Waals surface area contributed by atoms with Crippen LogP contribution >= 0.6 is 11.3 Å². The van der Waals surface area contributed by atoms with Crippen LogP contribution in [0.2, 0.25) is 0 Å². The first kappa shape index (κ1) is 12.4. The highest BCUT2D eigenvalue weighted by atomic mass is 32.1. The Labute approximate surface area is 116 Å². The lowest BCUT2D eigenvalue weighted by atomic mass is 9.99. The van der Waals surface area contributed by atoms with Gasteiger partial charge in [-0.1, -0.05) is 24.3 Å². The summed E-state index contributed by atoms with van der Waals surface area (Å²) in [6.45, 7) is 1.92. The fourth-order valence-electron chi connectivity index (χ4n) is 2.20. The summed E-state index contributed by atoms with van der Waals surface area (Å²) in [5.74, 6) is 0.601. The van der Waals surface area contributed by atoms with E-state index in [1.54, 1.807) is 11.3 Å². The molecular weight excluding hydrogens is 256 g/mol. The van der Waals surface area contributed by atoms with E-state index in [1.807, 2.05) is 35.7 Å². The zero-order chi connectivity index (χ0) is 13.1. The number of hydrogen-bond donors (Lipinski definition) is 2. The lowest BCUT2D eigenvalue weighted by Gasteiger charge is -2.26. The topological polar surface area (TPSA) is 41.1 Å². The fourth-order valence-corrected chi connectivity index (χ4v) is 2.96. The molecule has 0 saturated carbocycles. The number of benzene rings is 1. The summed E-state index contributed by atoms with van der Waals surface area (Å²) >= 11 is 1.69. The minimum Gasteiger partial charge on any atom is -0.325 e. The number of rotatable bonds is 4. The second-order valence-corrected chi connectivity index (χ2v) is 5.75. The van der Waals surface area contributed by atoms with Crippen molar-refractivity contribution in [2.45, 2.75) is 6.42 Å². The van der Waals surface area contributed by atoms with Crippen molar-refractivity contribution >= 4 is 22.9 Å². The molecule has 0 aliphatic carbocycles. The quantitative estimate of drug-likeness (QED) is 0.898. The van der Waals surface area contributed by atoms with Crippen LogP contribution in [-0.2, 0) is 4.79 Å². The SMILES string of the molecule is O=C(CC1CNC1)Nc1ccccc1-c1cccs1. The highest BCUT2D eigenvalue weighted by Gasteiger charge is 2.20. The molecule has 1 aromatic heterocycles. The van der Waals surface area contributed by atoms with Gasteiger partial charge in [0.1, 0.15) is 0 Å². The van der Waals surface area contributed by atoms with Gasteiger partial charge < -0.3 is 10.6 Å². The third-order valence-electron chi connectivity index (χ3n) is 3.33. The number of para-hydroxylation sites is 1. The van der Waals surface area contributed by atoms with Gasteiger partial charge in [-0.2, -0.15) is 0 Å². The van der Waals surface area contributed by atoms with Gasteiger partial charge in [-0.15, -0.1) is 11.3 Å². The highest BCUT2D eigenvalue weighted by molar-refractivity contribution is 7.13. The fraction of sp³-hybridized carbons (Fsp3) is 0.267. The van der Waals surface area contributed by atoms with Crippen LogP contribution in [0.5, 0.6) is 0 Å². The number of carbonyl (C=O) groups excluding carboxylic acids is 1. The first-order valence-corrected chi connectivity index (χ1v) is 7.34. The molecule has 1 amide bonds. The number of anilines is 1. The van der Waals surface area contributed by atoms with Crippen molar-refractivity contribution in [3.05, 3.63) is 41.8 Å². The Morgan fingerprint density at radius 3 is 2.79 bits per heavy atom. The number of hydrogen-bond acceptors (Lipinski definition) is 3. The van der Waals surface area contributed by atoms with Crippen molar-refractivity contribution in [2.24, 2.45) is 5.92 Å². The highest BCUT2D eigenvalue weighted by Crippen LogP contribution is 2.31. The van der Waals surface area contributed by atoms with Gasteiger partial charge in [0.25, 0.3) is 0 Å². The van der Waals surface area contributed by atoms with Crippen LogP contribution in [0, 0.1) is 5.92 Å². The van der Waals surface area contributed by atoms with Crippen molar-refractivity contribution in [1.29, 1.82) is 0 Å². The third-order valence-corrected chi connectivity index (χ3v) is 4.23. The van der Waals surface area contributed by atoms with Crippen molar-refractivity contribution in [3.63, 3.8) is 0 Å². The van der Waals surface area contributed by atoms with Gasteiger partial charge in [-0.3, -0.25) is 4.79 Å². The average molecular weight is 272 g/mol. The summed E-state index contributed by atoms with van der Waals surface area (Å²) < 4.78 is 0. The van der Waals surface area contributed by atoms with Crippen molar-refractivity contribution in [1.82, 2.24) is 5.32 Å². The summed E-state index contributed by atoms with van der Waals surface area (Å²) in [6.07, 6.45) is 0.603. The minimum atomic E-state index is 0.107. The monoisotopic (exact) mass is 272 g/mol. The van der Waals surface area contributed by atoms with Gasteiger partial charge in [0, 0.05) is 22.5 Å². The lowest BCUT2D eigenvalue weighted by molar-refractivity contribution is -0.117. The Bertz CT molecular complexity index is 561. The van der Waals surface area contributed by atoms with Crippen LogP contribution in [0.3, 0.4) is 0 Å². The second-order valence-electron chi connectivity index (χ2n) is 4.80. The molecule has 0 unspecified atom stereocenters. The number of thiophene rings is 1. The normalized spacial score (nSPS) is 14.9.